The van der Waals surface area contributed by atoms with Gasteiger partial charge < -0.3 is 9.47 Å². The maximum Gasteiger partial charge on any atom is 0.0714 e. The standard InChI is InChI=1S/C61H42N2/c1-4-19-44(20-5-1)51-27-11-15-32-58(51)62(48-37-35-43(36-38-48)45-21-18-26-49(41-45)63-59-33-16-12-29-54(59)55-30-13-17-34-60(55)63)50-39-40-53-52-28-10-14-31-56(52)61(57(53)42-50,46-22-6-2-7-23-46)47-24-8-3-9-25-47/h1-42H. The number of hydrogen-bond donors (Lipinski definition) is 0. The molecule has 2 nitrogen and oxygen atoms in total. The van der Waals surface area contributed by atoms with E-state index in [0.29, 0.717) is 0 Å². The summed E-state index contributed by atoms with van der Waals surface area (Å²) in [6, 6.07) is 93.2. The second-order valence-corrected chi connectivity index (χ2v) is 16.4. The number of anilines is 3. The van der Waals surface area contributed by atoms with Crippen molar-refractivity contribution in [3.05, 3.63) is 277 Å². The first-order chi connectivity index (χ1) is 31.3. The number of hydrogen-bond acceptors (Lipinski definition) is 1. The summed E-state index contributed by atoms with van der Waals surface area (Å²) in [7, 11) is 0. The van der Waals surface area contributed by atoms with Crippen molar-refractivity contribution < 1.29 is 0 Å². The molecule has 0 unspecified atom stereocenters. The summed E-state index contributed by atoms with van der Waals surface area (Å²) in [5.41, 5.74) is 18.6. The van der Waals surface area contributed by atoms with Crippen molar-refractivity contribution in [2.45, 2.75) is 5.41 Å². The molecule has 1 aliphatic rings. The van der Waals surface area contributed by atoms with Crippen LogP contribution in [-0.4, -0.2) is 4.57 Å². The molecule has 0 amide bonds. The van der Waals surface area contributed by atoms with Crippen LogP contribution in [-0.2, 0) is 5.41 Å². The molecule has 0 fully saturated rings. The van der Waals surface area contributed by atoms with Crippen molar-refractivity contribution in [2.75, 3.05) is 4.90 Å². The van der Waals surface area contributed by atoms with Crippen molar-refractivity contribution in [3.8, 4) is 39.1 Å². The number of benzene rings is 10. The van der Waals surface area contributed by atoms with Crippen LogP contribution in [0.1, 0.15) is 22.3 Å². The zero-order valence-corrected chi connectivity index (χ0v) is 34.6. The SMILES string of the molecule is c1ccc(-c2ccccc2N(c2ccc(-c3cccc(-n4c5ccccc5c5ccccc54)c3)cc2)c2ccc3c(c2)C(c2ccccc2)(c2ccccc2)c2ccccc2-3)cc1. The molecule has 0 atom stereocenters. The highest BCUT2D eigenvalue weighted by Gasteiger charge is 2.46. The Morgan fingerprint density at radius 3 is 1.52 bits per heavy atom. The zero-order valence-electron chi connectivity index (χ0n) is 34.6. The van der Waals surface area contributed by atoms with E-state index in [9.17, 15) is 0 Å². The van der Waals surface area contributed by atoms with Crippen molar-refractivity contribution >= 4 is 38.9 Å². The highest BCUT2D eigenvalue weighted by atomic mass is 15.1. The molecular formula is C61H42N2. The van der Waals surface area contributed by atoms with Crippen LogP contribution in [0, 0.1) is 0 Å². The average molecular weight is 803 g/mol. The van der Waals surface area contributed by atoms with Gasteiger partial charge in [0.05, 0.1) is 22.1 Å². The van der Waals surface area contributed by atoms with E-state index in [1.807, 2.05) is 0 Å². The second kappa shape index (κ2) is 15.1. The van der Waals surface area contributed by atoms with Gasteiger partial charge in [-0.2, -0.15) is 0 Å². The first-order valence-electron chi connectivity index (χ1n) is 21.8. The summed E-state index contributed by atoms with van der Waals surface area (Å²) < 4.78 is 2.39. The molecule has 1 aromatic heterocycles. The highest BCUT2D eigenvalue weighted by molar-refractivity contribution is 6.09. The van der Waals surface area contributed by atoms with E-state index >= 15 is 0 Å². The fraction of sp³-hybridized carbons (Fsp3) is 0.0164. The molecule has 0 radical (unpaired) electrons. The van der Waals surface area contributed by atoms with Crippen molar-refractivity contribution in [2.24, 2.45) is 0 Å². The Hall–Kier alpha value is -8.20. The lowest BCUT2D eigenvalue weighted by Gasteiger charge is -2.35. The molecule has 0 aliphatic heterocycles. The molecule has 0 saturated carbocycles. The Balaban J connectivity index is 1.04. The Kier molecular flexibility index (Phi) is 8.76. The van der Waals surface area contributed by atoms with Gasteiger partial charge in [0.25, 0.3) is 0 Å². The number of rotatable bonds is 8. The highest BCUT2D eigenvalue weighted by Crippen LogP contribution is 2.57. The van der Waals surface area contributed by atoms with E-state index in [1.54, 1.807) is 0 Å². The molecule has 0 saturated heterocycles. The third-order valence-electron chi connectivity index (χ3n) is 13.1. The lowest BCUT2D eigenvalue weighted by molar-refractivity contribution is 0.768. The summed E-state index contributed by atoms with van der Waals surface area (Å²) in [6.07, 6.45) is 0. The number of para-hydroxylation sites is 3. The van der Waals surface area contributed by atoms with Crippen molar-refractivity contribution in [1.29, 1.82) is 0 Å². The third kappa shape index (κ3) is 5.87. The van der Waals surface area contributed by atoms with Gasteiger partial charge in [0.1, 0.15) is 0 Å². The molecule has 1 aliphatic carbocycles. The van der Waals surface area contributed by atoms with Crippen LogP contribution in [0.25, 0.3) is 60.9 Å². The van der Waals surface area contributed by atoms with E-state index in [1.165, 1.54) is 71.9 Å². The maximum absolute atomic E-state index is 2.46. The normalized spacial score (nSPS) is 12.6. The predicted molar refractivity (Wildman–Crippen MR) is 264 cm³/mol. The molecule has 1 heterocycles. The van der Waals surface area contributed by atoms with Gasteiger partial charge in [-0.1, -0.05) is 200 Å². The summed E-state index contributed by atoms with van der Waals surface area (Å²) >= 11 is 0. The topological polar surface area (TPSA) is 8.17 Å². The van der Waals surface area contributed by atoms with Gasteiger partial charge in [0, 0.05) is 33.4 Å². The van der Waals surface area contributed by atoms with E-state index < -0.39 is 5.41 Å². The molecule has 2 heteroatoms. The number of aromatic nitrogens is 1. The van der Waals surface area contributed by atoms with E-state index in [4.69, 9.17) is 0 Å². The van der Waals surface area contributed by atoms with Gasteiger partial charge in [-0.3, -0.25) is 0 Å². The van der Waals surface area contributed by atoms with Crippen LogP contribution in [0.4, 0.5) is 17.1 Å². The van der Waals surface area contributed by atoms with Gasteiger partial charge in [0.2, 0.25) is 0 Å². The molecule has 11 aromatic rings. The van der Waals surface area contributed by atoms with Crippen LogP contribution >= 0.6 is 0 Å². The Bertz CT molecular complexity index is 3350. The second-order valence-electron chi connectivity index (χ2n) is 16.4. The molecule has 0 bridgehead atoms. The van der Waals surface area contributed by atoms with Gasteiger partial charge in [-0.15, -0.1) is 0 Å². The monoisotopic (exact) mass is 802 g/mol. The maximum atomic E-state index is 2.46. The van der Waals surface area contributed by atoms with Crippen LogP contribution in [0.3, 0.4) is 0 Å². The lowest BCUT2D eigenvalue weighted by Crippen LogP contribution is -2.28. The Morgan fingerprint density at radius 2 is 0.841 bits per heavy atom. The van der Waals surface area contributed by atoms with Gasteiger partial charge in [0.15, 0.2) is 0 Å². The zero-order chi connectivity index (χ0) is 41.7. The van der Waals surface area contributed by atoms with E-state index in [0.717, 1.165) is 28.3 Å². The molecule has 296 valence electrons. The quantitative estimate of drug-likeness (QED) is 0.149. The average Bonchev–Trinajstić information content (AvgIpc) is 3.86. The van der Waals surface area contributed by atoms with Crippen LogP contribution in [0.2, 0.25) is 0 Å². The molecule has 10 aromatic carbocycles. The van der Waals surface area contributed by atoms with Gasteiger partial charge in [-0.25, -0.2) is 0 Å². The third-order valence-corrected chi connectivity index (χ3v) is 13.1. The first kappa shape index (κ1) is 36.6. The van der Waals surface area contributed by atoms with Crippen LogP contribution < -0.4 is 4.90 Å². The smallest absolute Gasteiger partial charge is 0.0714 e. The lowest BCUT2D eigenvalue weighted by atomic mass is 9.67. The molecular weight excluding hydrogens is 761 g/mol. The summed E-state index contributed by atoms with van der Waals surface area (Å²) in [4.78, 5) is 2.45. The molecule has 0 spiro atoms. The number of nitrogens with zero attached hydrogens (tertiary/aromatic N) is 2. The molecule has 12 rings (SSSR count). The van der Waals surface area contributed by atoms with E-state index in [-0.39, 0.29) is 0 Å². The van der Waals surface area contributed by atoms with E-state index in [2.05, 4.69) is 264 Å². The first-order valence-corrected chi connectivity index (χ1v) is 21.8. The minimum Gasteiger partial charge on any atom is -0.310 e. The Morgan fingerprint density at radius 1 is 0.317 bits per heavy atom. The predicted octanol–water partition coefficient (Wildman–Crippen LogP) is 16.0. The van der Waals surface area contributed by atoms with Crippen molar-refractivity contribution in [3.63, 3.8) is 0 Å². The van der Waals surface area contributed by atoms with Gasteiger partial charge in [-0.05, 0) is 105 Å². The fourth-order valence-corrected chi connectivity index (χ4v) is 10.4. The Labute approximate surface area is 368 Å². The summed E-state index contributed by atoms with van der Waals surface area (Å²) in [6.45, 7) is 0. The fourth-order valence-electron chi connectivity index (χ4n) is 10.4. The van der Waals surface area contributed by atoms with Crippen LogP contribution in [0.5, 0.6) is 0 Å². The van der Waals surface area contributed by atoms with Crippen molar-refractivity contribution in [1.82, 2.24) is 4.57 Å². The summed E-state index contributed by atoms with van der Waals surface area (Å²) in [5, 5.41) is 2.53. The molecule has 0 N–H and O–H groups in total. The summed E-state index contributed by atoms with van der Waals surface area (Å²) in [5.74, 6) is 0. The van der Waals surface area contributed by atoms with Crippen LogP contribution in [0.15, 0.2) is 255 Å². The molecule has 63 heavy (non-hydrogen) atoms. The minimum absolute atomic E-state index is 0.514. The minimum atomic E-state index is -0.514. The van der Waals surface area contributed by atoms with Gasteiger partial charge >= 0.3 is 0 Å². The number of fused-ring (bicyclic) bond motifs is 6. The largest absolute Gasteiger partial charge is 0.310 e.